The SMILES string of the molecule is C=CCN1CCN([C@H](CC)c2nnnn2CCc2ccccc2)CC1. The van der Waals surface area contributed by atoms with Crippen LogP contribution in [0, 0.1) is 0 Å². The van der Waals surface area contributed by atoms with Gasteiger partial charge in [0.25, 0.3) is 0 Å². The molecule has 0 bridgehead atoms. The number of aryl methyl sites for hydroxylation is 2. The quantitative estimate of drug-likeness (QED) is 0.689. The second-order valence-electron chi connectivity index (χ2n) is 6.55. The molecule has 1 aliphatic heterocycles. The van der Waals surface area contributed by atoms with Gasteiger partial charge in [0.2, 0.25) is 0 Å². The zero-order chi connectivity index (χ0) is 17.5. The largest absolute Gasteiger partial charge is 0.297 e. The molecule has 2 aromatic rings. The molecule has 6 heteroatoms. The van der Waals surface area contributed by atoms with E-state index in [0.29, 0.717) is 0 Å². The maximum Gasteiger partial charge on any atom is 0.168 e. The second-order valence-corrected chi connectivity index (χ2v) is 6.55. The third-order valence-electron chi connectivity index (χ3n) is 4.93. The van der Waals surface area contributed by atoms with Crippen LogP contribution in [-0.4, -0.2) is 62.7 Å². The summed E-state index contributed by atoms with van der Waals surface area (Å²) >= 11 is 0. The van der Waals surface area contributed by atoms with Gasteiger partial charge < -0.3 is 0 Å². The Kier molecular flexibility index (Phi) is 6.30. The Morgan fingerprint density at radius 3 is 2.60 bits per heavy atom. The highest BCUT2D eigenvalue weighted by molar-refractivity contribution is 5.14. The molecular formula is C19H28N6. The molecule has 1 aromatic carbocycles. The van der Waals surface area contributed by atoms with E-state index in [1.807, 2.05) is 16.8 Å². The minimum atomic E-state index is 0.289. The van der Waals surface area contributed by atoms with Crippen LogP contribution in [0.5, 0.6) is 0 Å². The Balaban J connectivity index is 1.64. The maximum absolute atomic E-state index is 4.36. The third-order valence-corrected chi connectivity index (χ3v) is 4.93. The van der Waals surface area contributed by atoms with Gasteiger partial charge in [-0.3, -0.25) is 9.80 Å². The Bertz CT molecular complexity index is 645. The predicted molar refractivity (Wildman–Crippen MR) is 99.2 cm³/mol. The van der Waals surface area contributed by atoms with Crippen molar-refractivity contribution in [3.8, 4) is 0 Å². The zero-order valence-corrected chi connectivity index (χ0v) is 15.1. The van der Waals surface area contributed by atoms with Gasteiger partial charge in [-0.2, -0.15) is 0 Å². The molecule has 1 aliphatic rings. The van der Waals surface area contributed by atoms with Crippen LogP contribution in [0.4, 0.5) is 0 Å². The number of aromatic nitrogens is 4. The molecule has 0 amide bonds. The van der Waals surface area contributed by atoms with Crippen molar-refractivity contribution in [2.75, 3.05) is 32.7 Å². The first-order valence-electron chi connectivity index (χ1n) is 9.19. The Hall–Kier alpha value is -2.05. The highest BCUT2D eigenvalue weighted by Crippen LogP contribution is 2.23. The van der Waals surface area contributed by atoms with Gasteiger partial charge in [0, 0.05) is 39.3 Å². The second kappa shape index (κ2) is 8.87. The molecule has 0 aliphatic carbocycles. The lowest BCUT2D eigenvalue weighted by atomic mass is 10.1. The van der Waals surface area contributed by atoms with Crippen molar-refractivity contribution in [2.45, 2.75) is 32.4 Å². The van der Waals surface area contributed by atoms with Gasteiger partial charge in [-0.15, -0.1) is 11.7 Å². The summed E-state index contributed by atoms with van der Waals surface area (Å²) < 4.78 is 1.98. The molecule has 0 saturated carbocycles. The number of hydrogen-bond donors (Lipinski definition) is 0. The molecule has 1 fully saturated rings. The average Bonchev–Trinajstić information content (AvgIpc) is 3.11. The van der Waals surface area contributed by atoms with Crippen LogP contribution in [0.1, 0.15) is 30.8 Å². The number of piperazine rings is 1. The summed E-state index contributed by atoms with van der Waals surface area (Å²) in [5.41, 5.74) is 1.31. The minimum Gasteiger partial charge on any atom is -0.297 e. The topological polar surface area (TPSA) is 50.1 Å². The van der Waals surface area contributed by atoms with E-state index in [1.165, 1.54) is 5.56 Å². The predicted octanol–water partition coefficient (Wildman–Crippen LogP) is 2.17. The lowest BCUT2D eigenvalue weighted by Gasteiger charge is -2.38. The van der Waals surface area contributed by atoms with E-state index < -0.39 is 0 Å². The molecule has 134 valence electrons. The van der Waals surface area contributed by atoms with Crippen molar-refractivity contribution in [3.05, 3.63) is 54.4 Å². The van der Waals surface area contributed by atoms with Crippen LogP contribution in [0.15, 0.2) is 43.0 Å². The smallest absolute Gasteiger partial charge is 0.168 e. The molecule has 1 aromatic heterocycles. The Morgan fingerprint density at radius 1 is 1.16 bits per heavy atom. The molecule has 0 radical (unpaired) electrons. The van der Waals surface area contributed by atoms with E-state index in [0.717, 1.165) is 57.9 Å². The fourth-order valence-corrected chi connectivity index (χ4v) is 3.53. The standard InChI is InChI=1S/C19H28N6/c1-3-11-23-13-15-24(16-14-23)18(4-2)19-20-21-22-25(19)12-10-17-8-6-5-7-9-17/h3,5-9,18H,1,4,10-16H2,2H3/t18-/m1/s1. The van der Waals surface area contributed by atoms with Gasteiger partial charge in [0.15, 0.2) is 5.82 Å². The molecule has 25 heavy (non-hydrogen) atoms. The summed E-state index contributed by atoms with van der Waals surface area (Å²) in [6.07, 6.45) is 3.95. The molecule has 0 spiro atoms. The van der Waals surface area contributed by atoms with E-state index >= 15 is 0 Å². The van der Waals surface area contributed by atoms with Crippen LogP contribution in [0.2, 0.25) is 0 Å². The van der Waals surface area contributed by atoms with Crippen molar-refractivity contribution in [1.82, 2.24) is 30.0 Å². The number of benzene rings is 1. The van der Waals surface area contributed by atoms with Crippen LogP contribution < -0.4 is 0 Å². The first-order valence-corrected chi connectivity index (χ1v) is 9.19. The van der Waals surface area contributed by atoms with Gasteiger partial charge in [-0.25, -0.2) is 4.68 Å². The fraction of sp³-hybridized carbons (Fsp3) is 0.526. The summed E-state index contributed by atoms with van der Waals surface area (Å²) in [6, 6.07) is 10.8. The van der Waals surface area contributed by atoms with Crippen molar-refractivity contribution >= 4 is 0 Å². The van der Waals surface area contributed by atoms with Gasteiger partial charge in [0.05, 0.1) is 6.04 Å². The lowest BCUT2D eigenvalue weighted by molar-refractivity contribution is 0.0947. The first kappa shape index (κ1) is 17.8. The fourth-order valence-electron chi connectivity index (χ4n) is 3.53. The number of nitrogens with zero attached hydrogens (tertiary/aromatic N) is 6. The van der Waals surface area contributed by atoms with Gasteiger partial charge in [-0.1, -0.05) is 43.3 Å². The number of hydrogen-bond acceptors (Lipinski definition) is 5. The molecule has 1 atom stereocenters. The van der Waals surface area contributed by atoms with Gasteiger partial charge in [0.1, 0.15) is 0 Å². The van der Waals surface area contributed by atoms with E-state index in [9.17, 15) is 0 Å². The van der Waals surface area contributed by atoms with E-state index in [-0.39, 0.29) is 6.04 Å². The van der Waals surface area contributed by atoms with Crippen LogP contribution in [0.3, 0.4) is 0 Å². The third kappa shape index (κ3) is 4.52. The Labute approximate surface area is 150 Å². The number of tetrazole rings is 1. The molecule has 0 unspecified atom stereocenters. The Morgan fingerprint density at radius 2 is 1.92 bits per heavy atom. The highest BCUT2D eigenvalue weighted by Gasteiger charge is 2.27. The van der Waals surface area contributed by atoms with Crippen molar-refractivity contribution in [1.29, 1.82) is 0 Å². The summed E-state index contributed by atoms with van der Waals surface area (Å²) in [5, 5.41) is 12.6. The van der Waals surface area contributed by atoms with Crippen molar-refractivity contribution in [3.63, 3.8) is 0 Å². The summed E-state index contributed by atoms with van der Waals surface area (Å²) in [4.78, 5) is 4.96. The highest BCUT2D eigenvalue weighted by atomic mass is 15.5. The van der Waals surface area contributed by atoms with Crippen LogP contribution >= 0.6 is 0 Å². The van der Waals surface area contributed by atoms with Crippen LogP contribution in [0.25, 0.3) is 0 Å². The maximum atomic E-state index is 4.36. The lowest BCUT2D eigenvalue weighted by Crippen LogP contribution is -2.47. The normalized spacial score (nSPS) is 17.5. The summed E-state index contributed by atoms with van der Waals surface area (Å²) in [7, 11) is 0. The van der Waals surface area contributed by atoms with Crippen LogP contribution in [-0.2, 0) is 13.0 Å². The monoisotopic (exact) mass is 340 g/mol. The molecule has 0 N–H and O–H groups in total. The zero-order valence-electron chi connectivity index (χ0n) is 15.1. The molecule has 1 saturated heterocycles. The van der Waals surface area contributed by atoms with E-state index in [1.54, 1.807) is 0 Å². The minimum absolute atomic E-state index is 0.289. The molecular weight excluding hydrogens is 312 g/mol. The van der Waals surface area contributed by atoms with E-state index in [2.05, 4.69) is 63.1 Å². The average molecular weight is 340 g/mol. The molecule has 2 heterocycles. The van der Waals surface area contributed by atoms with Crippen molar-refractivity contribution in [2.24, 2.45) is 0 Å². The number of rotatable bonds is 8. The first-order chi connectivity index (χ1) is 12.3. The summed E-state index contributed by atoms with van der Waals surface area (Å²) in [6.45, 7) is 12.1. The van der Waals surface area contributed by atoms with E-state index in [4.69, 9.17) is 0 Å². The van der Waals surface area contributed by atoms with Crippen molar-refractivity contribution < 1.29 is 0 Å². The van der Waals surface area contributed by atoms with Gasteiger partial charge >= 0.3 is 0 Å². The summed E-state index contributed by atoms with van der Waals surface area (Å²) in [5.74, 6) is 0.996. The van der Waals surface area contributed by atoms with Gasteiger partial charge in [-0.05, 0) is 28.8 Å². The molecule has 3 rings (SSSR count). The molecule has 6 nitrogen and oxygen atoms in total.